The van der Waals surface area contributed by atoms with Crippen molar-refractivity contribution in [2.75, 3.05) is 12.3 Å². The maximum atomic E-state index is 11.6. The van der Waals surface area contributed by atoms with Crippen LogP contribution in [0.1, 0.15) is 12.6 Å². The molecule has 19 heavy (non-hydrogen) atoms. The minimum absolute atomic E-state index is 0.0414. The quantitative estimate of drug-likeness (QED) is 0.476. The first-order valence-electron chi connectivity index (χ1n) is 5.65. The molecule has 5 N–H and O–H groups in total. The van der Waals surface area contributed by atoms with E-state index in [1.165, 1.54) is 4.68 Å². The van der Waals surface area contributed by atoms with E-state index in [2.05, 4.69) is 20.3 Å². The highest BCUT2D eigenvalue weighted by Crippen LogP contribution is 2.29. The maximum Gasteiger partial charge on any atom is 0.282 e. The molecule has 0 amide bonds. The van der Waals surface area contributed by atoms with Gasteiger partial charge in [-0.1, -0.05) is 5.21 Å². The van der Waals surface area contributed by atoms with E-state index in [1.54, 1.807) is 0 Å². The van der Waals surface area contributed by atoms with Crippen molar-refractivity contribution < 1.29 is 14.9 Å². The Morgan fingerprint density at radius 1 is 1.58 bits per heavy atom. The van der Waals surface area contributed by atoms with Gasteiger partial charge in [-0.25, -0.2) is 0 Å². The molecule has 0 aromatic carbocycles. The van der Waals surface area contributed by atoms with E-state index in [9.17, 15) is 9.90 Å². The molecule has 1 saturated heterocycles. The van der Waals surface area contributed by atoms with E-state index < -0.39 is 24.0 Å². The molecule has 1 unspecified atom stereocenters. The number of hydrogen-bond donors (Lipinski definition) is 4. The van der Waals surface area contributed by atoms with Gasteiger partial charge in [0.25, 0.3) is 5.56 Å². The van der Waals surface area contributed by atoms with Gasteiger partial charge in [-0.15, -0.1) is 5.10 Å². The van der Waals surface area contributed by atoms with Gasteiger partial charge in [0.2, 0.25) is 5.95 Å². The van der Waals surface area contributed by atoms with E-state index in [0.29, 0.717) is 0 Å². The number of nitrogens with one attached hydrogen (secondary N) is 1. The fraction of sp³-hybridized carbons (Fsp3) is 0.556. The first-order chi connectivity index (χ1) is 9.10. The first kappa shape index (κ1) is 12.0. The van der Waals surface area contributed by atoms with Crippen molar-refractivity contribution in [1.82, 2.24) is 25.0 Å². The number of nitrogens with two attached hydrogens (primary N) is 1. The summed E-state index contributed by atoms with van der Waals surface area (Å²) in [6.07, 6.45) is -1.93. The number of nitrogens with zero attached hydrogens (tertiary/aromatic N) is 4. The number of aliphatic hydroxyl groups excluding tert-OH is 2. The van der Waals surface area contributed by atoms with Crippen LogP contribution in [0, 0.1) is 0 Å². The molecule has 0 saturated carbocycles. The molecule has 0 aliphatic carbocycles. The Morgan fingerprint density at radius 3 is 3.05 bits per heavy atom. The molecule has 3 heterocycles. The van der Waals surface area contributed by atoms with Crippen LogP contribution in [0.25, 0.3) is 11.2 Å². The van der Waals surface area contributed by atoms with Crippen LogP contribution in [0.5, 0.6) is 0 Å². The number of nitrogen functional groups attached to an aromatic ring is 1. The molecule has 0 radical (unpaired) electrons. The van der Waals surface area contributed by atoms with Crippen molar-refractivity contribution in [3.63, 3.8) is 0 Å². The number of fused-ring (bicyclic) bond motifs is 1. The van der Waals surface area contributed by atoms with E-state index in [4.69, 9.17) is 15.6 Å². The lowest BCUT2D eigenvalue weighted by Crippen LogP contribution is -2.24. The summed E-state index contributed by atoms with van der Waals surface area (Å²) in [4.78, 5) is 17.9. The van der Waals surface area contributed by atoms with Crippen molar-refractivity contribution in [2.24, 2.45) is 0 Å². The van der Waals surface area contributed by atoms with Crippen LogP contribution in [0.3, 0.4) is 0 Å². The zero-order chi connectivity index (χ0) is 13.6. The molecule has 102 valence electrons. The summed E-state index contributed by atoms with van der Waals surface area (Å²) in [7, 11) is 0. The van der Waals surface area contributed by atoms with Crippen molar-refractivity contribution in [1.29, 1.82) is 0 Å². The fourth-order valence-electron chi connectivity index (χ4n) is 2.08. The lowest BCUT2D eigenvalue weighted by Gasteiger charge is -2.11. The molecule has 2 aromatic heterocycles. The van der Waals surface area contributed by atoms with Crippen LogP contribution >= 0.6 is 0 Å². The van der Waals surface area contributed by atoms with Gasteiger partial charge in [0.05, 0.1) is 12.7 Å². The number of H-pyrrole nitrogens is 1. The summed E-state index contributed by atoms with van der Waals surface area (Å²) in [6, 6.07) is 0. The lowest BCUT2D eigenvalue weighted by atomic mass is 10.2. The smallest absolute Gasteiger partial charge is 0.282 e. The molecule has 1 aliphatic heterocycles. The standard InChI is InChI=1S/C9H12N6O4/c10-9-11-7-6(8(18)12-9)13-14-15(7)5-1-3(17)4(2-16)19-5/h3-5,16-17H,1-2H2,(H3,10,11,12,18)/t3?,4-,5-/m1/s1. The van der Waals surface area contributed by atoms with Crippen LogP contribution in [-0.4, -0.2) is 54.0 Å². The summed E-state index contributed by atoms with van der Waals surface area (Å²) in [5.74, 6) is -0.0571. The molecule has 3 rings (SSSR count). The largest absolute Gasteiger partial charge is 0.394 e. The van der Waals surface area contributed by atoms with Gasteiger partial charge >= 0.3 is 0 Å². The first-order valence-corrected chi connectivity index (χ1v) is 5.65. The SMILES string of the molecule is Nc1nc2c(nnn2[C@H]2CC(O)[C@@H](CO)O2)c(=O)[nH]1. The van der Waals surface area contributed by atoms with Crippen molar-refractivity contribution in [3.05, 3.63) is 10.4 Å². The third-order valence-corrected chi connectivity index (χ3v) is 3.01. The molecular weight excluding hydrogens is 256 g/mol. The van der Waals surface area contributed by atoms with E-state index >= 15 is 0 Å². The zero-order valence-electron chi connectivity index (χ0n) is 9.72. The van der Waals surface area contributed by atoms with Gasteiger partial charge in [-0.05, 0) is 0 Å². The molecular formula is C9H12N6O4. The molecule has 2 aromatic rings. The summed E-state index contributed by atoms with van der Waals surface area (Å²) in [6.45, 7) is -0.305. The molecule has 0 bridgehead atoms. The fourth-order valence-corrected chi connectivity index (χ4v) is 2.08. The second-order valence-corrected chi connectivity index (χ2v) is 4.27. The van der Waals surface area contributed by atoms with Gasteiger partial charge in [0, 0.05) is 6.42 Å². The summed E-state index contributed by atoms with van der Waals surface area (Å²) in [5, 5.41) is 26.2. The molecule has 1 fully saturated rings. The number of anilines is 1. The predicted molar refractivity (Wildman–Crippen MR) is 62.0 cm³/mol. The van der Waals surface area contributed by atoms with Gasteiger partial charge < -0.3 is 20.7 Å². The van der Waals surface area contributed by atoms with Crippen molar-refractivity contribution >= 4 is 17.1 Å². The number of aliphatic hydroxyl groups is 2. The summed E-state index contributed by atoms with van der Waals surface area (Å²) < 4.78 is 6.70. The van der Waals surface area contributed by atoms with Crippen molar-refractivity contribution in [3.8, 4) is 0 Å². The number of ether oxygens (including phenoxy) is 1. The molecule has 3 atom stereocenters. The van der Waals surface area contributed by atoms with Gasteiger partial charge in [0.1, 0.15) is 6.10 Å². The number of aromatic nitrogens is 5. The highest BCUT2D eigenvalue weighted by atomic mass is 16.5. The van der Waals surface area contributed by atoms with Gasteiger partial charge in [-0.2, -0.15) is 9.67 Å². The number of aromatic amines is 1. The molecule has 1 aliphatic rings. The normalized spacial score (nSPS) is 27.2. The number of rotatable bonds is 2. The Balaban J connectivity index is 2.05. The van der Waals surface area contributed by atoms with Gasteiger partial charge in [0.15, 0.2) is 17.4 Å². The minimum Gasteiger partial charge on any atom is -0.394 e. The molecule has 10 heteroatoms. The monoisotopic (exact) mass is 268 g/mol. The Bertz CT molecular complexity index is 666. The third kappa shape index (κ3) is 1.85. The molecule has 10 nitrogen and oxygen atoms in total. The van der Waals surface area contributed by atoms with Crippen LogP contribution in [0.2, 0.25) is 0 Å². The van der Waals surface area contributed by atoms with Gasteiger partial charge in [-0.3, -0.25) is 9.78 Å². The summed E-state index contributed by atoms with van der Waals surface area (Å²) in [5.41, 5.74) is 5.19. The highest BCUT2D eigenvalue weighted by Gasteiger charge is 2.36. The zero-order valence-corrected chi connectivity index (χ0v) is 9.72. The van der Waals surface area contributed by atoms with Crippen molar-refractivity contribution in [2.45, 2.75) is 24.9 Å². The maximum absolute atomic E-state index is 11.6. The topological polar surface area (TPSA) is 152 Å². The second-order valence-electron chi connectivity index (χ2n) is 4.27. The van der Waals surface area contributed by atoms with Crippen LogP contribution in [0.4, 0.5) is 5.95 Å². The van der Waals surface area contributed by atoms with Crippen LogP contribution in [0.15, 0.2) is 4.79 Å². The van der Waals surface area contributed by atoms with Crippen LogP contribution < -0.4 is 11.3 Å². The second kappa shape index (κ2) is 4.26. The van der Waals surface area contributed by atoms with E-state index in [1.807, 2.05) is 0 Å². The Kier molecular flexibility index (Phi) is 2.69. The average molecular weight is 268 g/mol. The Hall–Kier alpha value is -2.04. The lowest BCUT2D eigenvalue weighted by molar-refractivity contribution is -0.0476. The minimum atomic E-state index is -0.811. The molecule has 0 spiro atoms. The van der Waals surface area contributed by atoms with Crippen LogP contribution in [-0.2, 0) is 4.74 Å². The Labute approximate surface area is 105 Å². The summed E-state index contributed by atoms with van der Waals surface area (Å²) >= 11 is 0. The number of hydrogen-bond acceptors (Lipinski definition) is 8. The third-order valence-electron chi connectivity index (χ3n) is 3.01. The van der Waals surface area contributed by atoms with E-state index in [0.717, 1.165) is 0 Å². The van der Waals surface area contributed by atoms with E-state index in [-0.39, 0.29) is 30.1 Å². The Morgan fingerprint density at radius 2 is 2.37 bits per heavy atom. The predicted octanol–water partition coefficient (Wildman–Crippen LogP) is -2.26. The average Bonchev–Trinajstić information content (AvgIpc) is 2.92. The highest BCUT2D eigenvalue weighted by molar-refractivity contribution is 5.69.